The molecule has 20 heavy (non-hydrogen) atoms. The number of anilines is 1. The van der Waals surface area contributed by atoms with Crippen LogP contribution in [-0.2, 0) is 6.42 Å². The van der Waals surface area contributed by atoms with Gasteiger partial charge in [0.1, 0.15) is 5.75 Å². The number of hydrogen-bond donors (Lipinski definition) is 1. The van der Waals surface area contributed by atoms with Crippen LogP contribution < -0.4 is 4.90 Å². The lowest BCUT2D eigenvalue weighted by Crippen LogP contribution is -2.35. The van der Waals surface area contributed by atoms with Gasteiger partial charge in [-0.1, -0.05) is 29.8 Å². The number of carbonyl (C=O) groups is 1. The number of nitrogens with zero attached hydrogens (tertiary/aromatic N) is 1. The molecule has 0 saturated heterocycles. The predicted octanol–water partition coefficient (Wildman–Crippen LogP) is 3.64. The number of aryl methyl sites for hydroxylation is 1. The first kappa shape index (κ1) is 13.0. The number of hydrogen-bond acceptors (Lipinski definition) is 2. The Labute approximate surface area is 122 Å². The normalized spacial score (nSPS) is 13.9. The van der Waals surface area contributed by atoms with Gasteiger partial charge in [-0.3, -0.25) is 4.79 Å². The molecule has 0 atom stereocenters. The van der Waals surface area contributed by atoms with Crippen LogP contribution in [0.15, 0.2) is 42.5 Å². The summed E-state index contributed by atoms with van der Waals surface area (Å²) < 4.78 is 0. The highest BCUT2D eigenvalue weighted by atomic mass is 35.5. The number of phenolic OH excluding ortho intramolecular Hbond substituents is 1. The molecule has 2 aromatic rings. The summed E-state index contributed by atoms with van der Waals surface area (Å²) in [5.74, 6) is -0.267. The minimum absolute atomic E-state index is 0.0782. The molecule has 1 aliphatic heterocycles. The molecule has 3 rings (SSSR count). The van der Waals surface area contributed by atoms with Gasteiger partial charge in [0.15, 0.2) is 0 Å². The Morgan fingerprint density at radius 3 is 2.80 bits per heavy atom. The molecule has 102 valence electrons. The average Bonchev–Trinajstić information content (AvgIpc) is 2.46. The van der Waals surface area contributed by atoms with E-state index >= 15 is 0 Å². The van der Waals surface area contributed by atoms with Gasteiger partial charge in [0.05, 0.1) is 5.56 Å². The molecule has 0 spiro atoms. The molecule has 0 saturated carbocycles. The maximum absolute atomic E-state index is 12.6. The fraction of sp³-hybridized carbons (Fsp3) is 0.188. The van der Waals surface area contributed by atoms with Crippen LogP contribution in [-0.4, -0.2) is 17.6 Å². The Morgan fingerprint density at radius 2 is 2.00 bits per heavy atom. The van der Waals surface area contributed by atoms with Gasteiger partial charge in [-0.2, -0.15) is 0 Å². The van der Waals surface area contributed by atoms with Crippen molar-refractivity contribution in [3.8, 4) is 5.75 Å². The van der Waals surface area contributed by atoms with E-state index in [2.05, 4.69) is 0 Å². The van der Waals surface area contributed by atoms with Crippen molar-refractivity contribution in [2.24, 2.45) is 0 Å². The average molecular weight is 288 g/mol. The summed E-state index contributed by atoms with van der Waals surface area (Å²) in [6, 6.07) is 12.5. The molecule has 1 heterocycles. The lowest BCUT2D eigenvalue weighted by atomic mass is 10.0. The van der Waals surface area contributed by atoms with Crippen molar-refractivity contribution in [2.45, 2.75) is 12.8 Å². The molecule has 2 aromatic carbocycles. The van der Waals surface area contributed by atoms with Crippen molar-refractivity contribution in [3.05, 3.63) is 58.6 Å². The maximum Gasteiger partial charge on any atom is 0.262 e. The van der Waals surface area contributed by atoms with Crippen LogP contribution in [0.5, 0.6) is 5.75 Å². The second kappa shape index (κ2) is 5.17. The molecule has 0 radical (unpaired) electrons. The van der Waals surface area contributed by atoms with E-state index in [1.807, 2.05) is 24.3 Å². The molecule has 0 bridgehead atoms. The lowest BCUT2D eigenvalue weighted by molar-refractivity contribution is 0.0982. The number of amides is 1. The number of para-hydroxylation sites is 1. The predicted molar refractivity (Wildman–Crippen MR) is 79.6 cm³/mol. The van der Waals surface area contributed by atoms with Crippen LogP contribution in [0, 0.1) is 0 Å². The molecule has 1 N–H and O–H groups in total. The molecule has 0 aliphatic carbocycles. The molecule has 1 amide bonds. The molecule has 0 fully saturated rings. The van der Waals surface area contributed by atoms with Gasteiger partial charge < -0.3 is 10.0 Å². The number of rotatable bonds is 1. The van der Waals surface area contributed by atoms with Gasteiger partial charge in [0.2, 0.25) is 0 Å². The first-order valence-corrected chi connectivity index (χ1v) is 6.93. The van der Waals surface area contributed by atoms with Crippen molar-refractivity contribution in [1.29, 1.82) is 0 Å². The van der Waals surface area contributed by atoms with Crippen LogP contribution in [0.3, 0.4) is 0 Å². The molecular formula is C16H14ClNO2. The minimum Gasteiger partial charge on any atom is -0.507 e. The van der Waals surface area contributed by atoms with Crippen LogP contribution >= 0.6 is 11.6 Å². The Hall–Kier alpha value is -2.00. The summed E-state index contributed by atoms with van der Waals surface area (Å²) >= 11 is 5.80. The number of phenols is 1. The van der Waals surface area contributed by atoms with Crippen LogP contribution in [0.25, 0.3) is 0 Å². The van der Waals surface area contributed by atoms with Crippen LogP contribution in [0.4, 0.5) is 5.69 Å². The second-order valence-electron chi connectivity index (χ2n) is 4.85. The molecule has 4 heteroatoms. The fourth-order valence-corrected chi connectivity index (χ4v) is 2.74. The summed E-state index contributed by atoms with van der Waals surface area (Å²) in [5.41, 5.74) is 2.38. The third kappa shape index (κ3) is 2.25. The van der Waals surface area contributed by atoms with Gasteiger partial charge in [-0.15, -0.1) is 0 Å². The zero-order valence-corrected chi connectivity index (χ0v) is 11.6. The fourth-order valence-electron chi connectivity index (χ4n) is 2.58. The third-order valence-electron chi connectivity index (χ3n) is 3.55. The van der Waals surface area contributed by atoms with Crippen molar-refractivity contribution >= 4 is 23.2 Å². The number of fused-ring (bicyclic) bond motifs is 1. The Morgan fingerprint density at radius 1 is 1.20 bits per heavy atom. The number of aromatic hydroxyl groups is 1. The van der Waals surface area contributed by atoms with E-state index in [0.717, 1.165) is 18.5 Å². The second-order valence-corrected chi connectivity index (χ2v) is 5.29. The summed E-state index contributed by atoms with van der Waals surface area (Å²) in [7, 11) is 0. The molecule has 0 unspecified atom stereocenters. The van der Waals surface area contributed by atoms with Crippen molar-refractivity contribution < 1.29 is 9.90 Å². The SMILES string of the molecule is O=C(c1ccc(Cl)cc1O)N1CCCc2ccccc21. The van der Waals surface area contributed by atoms with E-state index < -0.39 is 0 Å². The quantitative estimate of drug-likeness (QED) is 0.870. The molecular weight excluding hydrogens is 274 g/mol. The van der Waals surface area contributed by atoms with Gasteiger partial charge in [0, 0.05) is 17.3 Å². The number of halogens is 1. The largest absolute Gasteiger partial charge is 0.507 e. The van der Waals surface area contributed by atoms with E-state index in [1.165, 1.54) is 11.6 Å². The molecule has 3 nitrogen and oxygen atoms in total. The third-order valence-corrected chi connectivity index (χ3v) is 3.78. The van der Waals surface area contributed by atoms with Crippen molar-refractivity contribution in [1.82, 2.24) is 0 Å². The van der Waals surface area contributed by atoms with E-state index in [-0.39, 0.29) is 17.2 Å². The highest BCUT2D eigenvalue weighted by Gasteiger charge is 2.24. The topological polar surface area (TPSA) is 40.5 Å². The zero-order chi connectivity index (χ0) is 14.1. The summed E-state index contributed by atoms with van der Waals surface area (Å²) in [4.78, 5) is 14.3. The first-order valence-electron chi connectivity index (χ1n) is 6.55. The molecule has 0 aromatic heterocycles. The maximum atomic E-state index is 12.6. The standard InChI is InChI=1S/C16H14ClNO2/c17-12-7-8-13(15(19)10-12)16(20)18-9-3-5-11-4-1-2-6-14(11)18/h1-2,4,6-8,10,19H,3,5,9H2. The van der Waals surface area contributed by atoms with Gasteiger partial charge in [-0.25, -0.2) is 0 Å². The summed E-state index contributed by atoms with van der Waals surface area (Å²) in [6.07, 6.45) is 1.91. The highest BCUT2D eigenvalue weighted by molar-refractivity contribution is 6.31. The van der Waals surface area contributed by atoms with Crippen molar-refractivity contribution in [2.75, 3.05) is 11.4 Å². The number of carbonyl (C=O) groups excluding carboxylic acids is 1. The first-order chi connectivity index (χ1) is 9.66. The highest BCUT2D eigenvalue weighted by Crippen LogP contribution is 2.30. The molecule has 1 aliphatic rings. The Bertz CT molecular complexity index is 669. The van der Waals surface area contributed by atoms with Gasteiger partial charge in [0.25, 0.3) is 5.91 Å². The smallest absolute Gasteiger partial charge is 0.262 e. The van der Waals surface area contributed by atoms with E-state index in [4.69, 9.17) is 11.6 Å². The van der Waals surface area contributed by atoms with E-state index in [9.17, 15) is 9.90 Å². The number of benzene rings is 2. The van der Waals surface area contributed by atoms with Crippen molar-refractivity contribution in [3.63, 3.8) is 0 Å². The van der Waals surface area contributed by atoms with Gasteiger partial charge in [-0.05, 0) is 42.7 Å². The van der Waals surface area contributed by atoms with Crippen LogP contribution in [0.2, 0.25) is 5.02 Å². The monoisotopic (exact) mass is 287 g/mol. The van der Waals surface area contributed by atoms with E-state index in [1.54, 1.807) is 17.0 Å². The van der Waals surface area contributed by atoms with Crippen LogP contribution in [0.1, 0.15) is 22.3 Å². The summed E-state index contributed by atoms with van der Waals surface area (Å²) in [5, 5.41) is 10.3. The lowest BCUT2D eigenvalue weighted by Gasteiger charge is -2.29. The Balaban J connectivity index is 2.00. The zero-order valence-electron chi connectivity index (χ0n) is 10.8. The Kier molecular flexibility index (Phi) is 3.36. The minimum atomic E-state index is -0.189. The van der Waals surface area contributed by atoms with Gasteiger partial charge >= 0.3 is 0 Å². The van der Waals surface area contributed by atoms with E-state index in [0.29, 0.717) is 11.6 Å². The summed E-state index contributed by atoms with van der Waals surface area (Å²) in [6.45, 7) is 0.665.